The molecule has 23 heavy (non-hydrogen) atoms. The molecule has 0 spiro atoms. The molecule has 7 heteroatoms. The molecule has 2 fully saturated rings. The van der Waals surface area contributed by atoms with Crippen LogP contribution >= 0.6 is 0 Å². The largest absolute Gasteiger partial charge is 0.384 e. The van der Waals surface area contributed by atoms with Crippen molar-refractivity contribution in [2.75, 3.05) is 40.0 Å². The number of ether oxygens (including phenoxy) is 2. The van der Waals surface area contributed by atoms with Gasteiger partial charge in [-0.25, -0.2) is 0 Å². The van der Waals surface area contributed by atoms with Gasteiger partial charge in [0.15, 0.2) is 5.82 Å². The minimum Gasteiger partial charge on any atom is -0.384 e. The second kappa shape index (κ2) is 7.88. The van der Waals surface area contributed by atoms with Crippen LogP contribution < -0.4 is 0 Å². The first-order valence-corrected chi connectivity index (χ1v) is 8.43. The molecule has 1 atom stereocenters. The van der Waals surface area contributed by atoms with Gasteiger partial charge in [0.05, 0.1) is 13.0 Å². The highest BCUT2D eigenvalue weighted by molar-refractivity contribution is 5.76. The summed E-state index contributed by atoms with van der Waals surface area (Å²) in [6.07, 6.45) is 4.14. The summed E-state index contributed by atoms with van der Waals surface area (Å²) in [6, 6.07) is 0. The fourth-order valence-corrected chi connectivity index (χ4v) is 3.29. The van der Waals surface area contributed by atoms with Crippen molar-refractivity contribution in [2.45, 2.75) is 38.0 Å². The standard InChI is InChI=1S/C16H25N3O4/c1-21-7-5-15(20)19-6-2-12(11-19)10-14-17-16(23-18-14)13-3-8-22-9-4-13/h12-13H,2-11H2,1H3. The molecule has 7 nitrogen and oxygen atoms in total. The van der Waals surface area contributed by atoms with E-state index in [2.05, 4.69) is 10.1 Å². The highest BCUT2D eigenvalue weighted by Gasteiger charge is 2.28. The molecule has 2 aliphatic rings. The second-order valence-corrected chi connectivity index (χ2v) is 6.38. The number of amides is 1. The van der Waals surface area contributed by atoms with E-state index in [9.17, 15) is 4.79 Å². The lowest BCUT2D eigenvalue weighted by Crippen LogP contribution is -2.29. The van der Waals surface area contributed by atoms with Gasteiger partial charge in [0.2, 0.25) is 11.8 Å². The van der Waals surface area contributed by atoms with Crippen LogP contribution in [-0.4, -0.2) is 61.0 Å². The number of nitrogens with zero attached hydrogens (tertiary/aromatic N) is 3. The van der Waals surface area contributed by atoms with Gasteiger partial charge in [0.25, 0.3) is 0 Å². The topological polar surface area (TPSA) is 77.7 Å². The number of hydrogen-bond donors (Lipinski definition) is 0. The van der Waals surface area contributed by atoms with Crippen LogP contribution in [0.15, 0.2) is 4.52 Å². The first kappa shape index (κ1) is 16.4. The summed E-state index contributed by atoms with van der Waals surface area (Å²) in [4.78, 5) is 18.5. The van der Waals surface area contributed by atoms with E-state index < -0.39 is 0 Å². The molecular weight excluding hydrogens is 298 g/mol. The summed E-state index contributed by atoms with van der Waals surface area (Å²) in [5.74, 6) is 2.43. The fraction of sp³-hybridized carbons (Fsp3) is 0.812. The Bertz CT molecular complexity index is 513. The van der Waals surface area contributed by atoms with E-state index in [0.29, 0.717) is 24.9 Å². The first-order chi connectivity index (χ1) is 11.3. The molecule has 0 saturated carbocycles. The highest BCUT2D eigenvalue weighted by atomic mass is 16.5. The lowest BCUT2D eigenvalue weighted by molar-refractivity contribution is -0.131. The third kappa shape index (κ3) is 4.29. The Kier molecular flexibility index (Phi) is 5.61. The average molecular weight is 323 g/mol. The van der Waals surface area contributed by atoms with Crippen LogP contribution in [0.1, 0.15) is 43.3 Å². The number of aromatic nitrogens is 2. The van der Waals surface area contributed by atoms with Crippen LogP contribution in [0.25, 0.3) is 0 Å². The molecule has 1 aromatic rings. The Labute approximate surface area is 136 Å². The first-order valence-electron chi connectivity index (χ1n) is 8.43. The van der Waals surface area contributed by atoms with E-state index >= 15 is 0 Å². The zero-order valence-electron chi connectivity index (χ0n) is 13.7. The quantitative estimate of drug-likeness (QED) is 0.787. The minimum atomic E-state index is 0.172. The zero-order valence-corrected chi connectivity index (χ0v) is 13.7. The van der Waals surface area contributed by atoms with Gasteiger partial charge in [0, 0.05) is 45.8 Å². The summed E-state index contributed by atoms with van der Waals surface area (Å²) in [6.45, 7) is 3.62. The molecule has 0 aliphatic carbocycles. The summed E-state index contributed by atoms with van der Waals surface area (Å²) >= 11 is 0. The Morgan fingerprint density at radius 3 is 2.96 bits per heavy atom. The van der Waals surface area contributed by atoms with Crippen molar-refractivity contribution in [2.24, 2.45) is 5.92 Å². The summed E-state index contributed by atoms with van der Waals surface area (Å²) < 4.78 is 15.8. The van der Waals surface area contributed by atoms with Crippen LogP contribution in [0.5, 0.6) is 0 Å². The lowest BCUT2D eigenvalue weighted by Gasteiger charge is -2.18. The number of likely N-dealkylation sites (tertiary alicyclic amines) is 1. The average Bonchev–Trinajstić information content (AvgIpc) is 3.23. The third-order valence-electron chi connectivity index (χ3n) is 4.68. The van der Waals surface area contributed by atoms with Crippen molar-refractivity contribution in [1.29, 1.82) is 0 Å². The van der Waals surface area contributed by atoms with Crippen molar-refractivity contribution in [1.82, 2.24) is 15.0 Å². The second-order valence-electron chi connectivity index (χ2n) is 6.38. The van der Waals surface area contributed by atoms with Crippen LogP contribution in [0.4, 0.5) is 0 Å². The van der Waals surface area contributed by atoms with Gasteiger partial charge in [-0.3, -0.25) is 4.79 Å². The summed E-state index contributed by atoms with van der Waals surface area (Å²) in [5.41, 5.74) is 0. The Hall–Kier alpha value is -1.47. The van der Waals surface area contributed by atoms with Gasteiger partial charge < -0.3 is 18.9 Å². The van der Waals surface area contributed by atoms with Gasteiger partial charge in [-0.05, 0) is 25.2 Å². The maximum Gasteiger partial charge on any atom is 0.229 e. The van der Waals surface area contributed by atoms with E-state index in [-0.39, 0.29) is 5.91 Å². The van der Waals surface area contributed by atoms with Crippen LogP contribution in [0.2, 0.25) is 0 Å². The van der Waals surface area contributed by atoms with Crippen molar-refractivity contribution >= 4 is 5.91 Å². The van der Waals surface area contributed by atoms with Crippen molar-refractivity contribution < 1.29 is 18.8 Å². The normalized spacial score (nSPS) is 22.7. The molecular formula is C16H25N3O4. The Morgan fingerprint density at radius 1 is 1.35 bits per heavy atom. The summed E-state index contributed by atoms with van der Waals surface area (Å²) in [7, 11) is 1.62. The van der Waals surface area contributed by atoms with Gasteiger partial charge in [-0.15, -0.1) is 0 Å². The molecule has 1 amide bonds. The maximum absolute atomic E-state index is 12.0. The van der Waals surface area contributed by atoms with Gasteiger partial charge in [-0.2, -0.15) is 4.98 Å². The number of methoxy groups -OCH3 is 1. The molecule has 128 valence electrons. The molecule has 0 bridgehead atoms. The predicted octanol–water partition coefficient (Wildman–Crippen LogP) is 1.39. The predicted molar refractivity (Wildman–Crippen MR) is 82.0 cm³/mol. The van der Waals surface area contributed by atoms with E-state index in [4.69, 9.17) is 14.0 Å². The molecule has 1 unspecified atom stereocenters. The fourth-order valence-electron chi connectivity index (χ4n) is 3.29. The van der Waals surface area contributed by atoms with E-state index in [0.717, 1.165) is 63.7 Å². The van der Waals surface area contributed by atoms with E-state index in [1.54, 1.807) is 7.11 Å². The van der Waals surface area contributed by atoms with Crippen molar-refractivity contribution in [3.8, 4) is 0 Å². The molecule has 0 aromatic carbocycles. The SMILES string of the molecule is COCCC(=O)N1CCC(Cc2noc(C3CCOCC3)n2)C1. The van der Waals surface area contributed by atoms with Gasteiger partial charge in [-0.1, -0.05) is 5.16 Å². The number of hydrogen-bond acceptors (Lipinski definition) is 6. The Balaban J connectivity index is 1.48. The highest BCUT2D eigenvalue weighted by Crippen LogP contribution is 2.26. The zero-order chi connectivity index (χ0) is 16.1. The van der Waals surface area contributed by atoms with Crippen molar-refractivity contribution in [3.05, 3.63) is 11.7 Å². The molecule has 2 aliphatic heterocycles. The van der Waals surface area contributed by atoms with E-state index in [1.807, 2.05) is 4.90 Å². The van der Waals surface area contributed by atoms with Crippen LogP contribution in [-0.2, 0) is 20.7 Å². The number of rotatable bonds is 6. The number of carbonyl (C=O) groups excluding carboxylic acids is 1. The molecule has 1 aromatic heterocycles. The lowest BCUT2D eigenvalue weighted by atomic mass is 10.0. The van der Waals surface area contributed by atoms with Crippen LogP contribution in [0, 0.1) is 5.92 Å². The third-order valence-corrected chi connectivity index (χ3v) is 4.68. The minimum absolute atomic E-state index is 0.172. The van der Waals surface area contributed by atoms with Gasteiger partial charge in [0.1, 0.15) is 0 Å². The number of carbonyl (C=O) groups is 1. The Morgan fingerprint density at radius 2 is 2.17 bits per heavy atom. The smallest absolute Gasteiger partial charge is 0.229 e. The monoisotopic (exact) mass is 323 g/mol. The summed E-state index contributed by atoms with van der Waals surface area (Å²) in [5, 5.41) is 4.12. The molecule has 0 radical (unpaired) electrons. The van der Waals surface area contributed by atoms with Crippen molar-refractivity contribution in [3.63, 3.8) is 0 Å². The molecule has 2 saturated heterocycles. The maximum atomic E-state index is 12.0. The van der Waals surface area contributed by atoms with E-state index in [1.165, 1.54) is 0 Å². The van der Waals surface area contributed by atoms with Gasteiger partial charge >= 0.3 is 0 Å². The molecule has 0 N–H and O–H groups in total. The van der Waals surface area contributed by atoms with Crippen LogP contribution in [0.3, 0.4) is 0 Å². The molecule has 3 heterocycles. The molecule has 3 rings (SSSR count).